The Labute approximate surface area is 212 Å². The van der Waals surface area contributed by atoms with Crippen LogP contribution >= 0.6 is 11.3 Å². The average molecular weight is 495 g/mol. The molecule has 2 saturated carbocycles. The van der Waals surface area contributed by atoms with E-state index in [1.807, 2.05) is 6.92 Å². The Morgan fingerprint density at radius 2 is 2.03 bits per heavy atom. The largest absolute Gasteiger partial charge is 0.462 e. The molecule has 6 rings (SSSR count). The average Bonchev–Trinajstić information content (AvgIpc) is 3.26. The summed E-state index contributed by atoms with van der Waals surface area (Å²) in [6.45, 7) is 11.6. The number of aliphatic hydroxyl groups is 1. The minimum atomic E-state index is -0.342. The van der Waals surface area contributed by atoms with Crippen molar-refractivity contribution >= 4 is 33.2 Å². The van der Waals surface area contributed by atoms with Crippen molar-refractivity contribution in [3.05, 3.63) is 33.3 Å². The minimum Gasteiger partial charge on any atom is -0.462 e. The Bertz CT molecular complexity index is 1260. The van der Waals surface area contributed by atoms with Crippen LogP contribution in [0.15, 0.2) is 11.6 Å². The van der Waals surface area contributed by atoms with Gasteiger partial charge in [0.25, 0.3) is 0 Å². The van der Waals surface area contributed by atoms with Gasteiger partial charge < -0.3 is 15.6 Å². The third-order valence-electron chi connectivity index (χ3n) is 10.5. The summed E-state index contributed by atoms with van der Waals surface area (Å²) in [5.41, 5.74) is 12.8. The SMILES string of the molecule is CCOC(=O)c1sc2nc(C)c3c(c2c1N)[C@H](C)[C@@H]1[C@@H]2CC=C4C[C@H](O)CC[C@]4(C)[C@H]2CC[C@]31C. The lowest BCUT2D eigenvalue weighted by molar-refractivity contribution is -0.0227. The fourth-order valence-electron chi connectivity index (χ4n) is 9.11. The molecule has 2 aromatic heterocycles. The van der Waals surface area contributed by atoms with Crippen LogP contribution in [0.1, 0.15) is 98.6 Å². The topological polar surface area (TPSA) is 85.4 Å². The molecule has 0 aliphatic heterocycles. The van der Waals surface area contributed by atoms with Gasteiger partial charge in [0.15, 0.2) is 0 Å². The fourth-order valence-corrected chi connectivity index (χ4v) is 10.2. The Balaban J connectivity index is 1.49. The molecule has 3 N–H and O–H groups in total. The Morgan fingerprint density at radius 1 is 1.29 bits per heavy atom. The number of pyridine rings is 1. The molecule has 0 bridgehead atoms. The highest BCUT2D eigenvalue weighted by atomic mass is 32.1. The maximum atomic E-state index is 12.7. The molecule has 0 radical (unpaired) electrons. The Kier molecular flexibility index (Phi) is 5.22. The number of nitrogens with two attached hydrogens (primary N) is 1. The number of rotatable bonds is 2. The number of anilines is 1. The van der Waals surface area contributed by atoms with E-state index in [4.69, 9.17) is 15.5 Å². The molecule has 0 saturated heterocycles. The van der Waals surface area contributed by atoms with Crippen molar-refractivity contribution in [3.8, 4) is 0 Å². The van der Waals surface area contributed by atoms with Crippen LogP contribution in [0.25, 0.3) is 10.2 Å². The summed E-state index contributed by atoms with van der Waals surface area (Å²) >= 11 is 1.38. The molecule has 35 heavy (non-hydrogen) atoms. The normalized spacial score (nSPS) is 37.8. The Morgan fingerprint density at radius 3 is 2.77 bits per heavy atom. The Hall–Kier alpha value is -1.92. The number of esters is 1. The van der Waals surface area contributed by atoms with Crippen molar-refractivity contribution in [2.45, 2.75) is 90.6 Å². The maximum Gasteiger partial charge on any atom is 0.350 e. The van der Waals surface area contributed by atoms with Gasteiger partial charge in [-0.1, -0.05) is 32.4 Å². The van der Waals surface area contributed by atoms with Crippen LogP contribution in [-0.2, 0) is 10.2 Å². The van der Waals surface area contributed by atoms with Crippen LogP contribution in [0.3, 0.4) is 0 Å². The predicted molar refractivity (Wildman–Crippen MR) is 141 cm³/mol. The van der Waals surface area contributed by atoms with Gasteiger partial charge in [-0.2, -0.15) is 0 Å². The lowest BCUT2D eigenvalue weighted by Gasteiger charge is -2.58. The number of hydrogen-bond acceptors (Lipinski definition) is 6. The van der Waals surface area contributed by atoms with Gasteiger partial charge in [-0.25, -0.2) is 9.78 Å². The number of aryl methyl sites for hydroxylation is 1. The molecule has 0 amide bonds. The first kappa shape index (κ1) is 23.5. The molecule has 2 heterocycles. The van der Waals surface area contributed by atoms with E-state index < -0.39 is 0 Å². The van der Waals surface area contributed by atoms with Gasteiger partial charge >= 0.3 is 5.97 Å². The summed E-state index contributed by atoms with van der Waals surface area (Å²) < 4.78 is 5.31. The number of fused-ring (bicyclic) bond motifs is 9. The predicted octanol–water partition coefficient (Wildman–Crippen LogP) is 6.26. The molecule has 7 atom stereocenters. The fraction of sp³-hybridized carbons (Fsp3) is 0.655. The van der Waals surface area contributed by atoms with E-state index in [1.165, 1.54) is 34.5 Å². The second-order valence-corrected chi connectivity index (χ2v) is 13.1. The van der Waals surface area contributed by atoms with Crippen LogP contribution in [0.2, 0.25) is 0 Å². The summed E-state index contributed by atoms with van der Waals surface area (Å²) in [7, 11) is 0. The van der Waals surface area contributed by atoms with E-state index in [-0.39, 0.29) is 22.9 Å². The number of aromatic nitrogens is 1. The van der Waals surface area contributed by atoms with Crippen molar-refractivity contribution in [3.63, 3.8) is 0 Å². The molecular formula is C29H38N2O3S. The first-order valence-corrected chi connectivity index (χ1v) is 14.2. The van der Waals surface area contributed by atoms with Gasteiger partial charge in [0.2, 0.25) is 0 Å². The van der Waals surface area contributed by atoms with E-state index >= 15 is 0 Å². The summed E-state index contributed by atoms with van der Waals surface area (Å²) in [5.74, 6) is 1.80. The summed E-state index contributed by atoms with van der Waals surface area (Å²) in [6.07, 6.45) is 8.66. The molecule has 4 aliphatic rings. The van der Waals surface area contributed by atoms with Crippen LogP contribution < -0.4 is 5.73 Å². The second kappa shape index (κ2) is 7.79. The van der Waals surface area contributed by atoms with Crippen molar-refractivity contribution in [1.82, 2.24) is 4.98 Å². The zero-order chi connectivity index (χ0) is 24.9. The lowest BCUT2D eigenvalue weighted by atomic mass is 9.47. The quantitative estimate of drug-likeness (QED) is 0.380. The van der Waals surface area contributed by atoms with Crippen LogP contribution in [0, 0.1) is 30.1 Å². The third-order valence-corrected chi connectivity index (χ3v) is 11.5. The molecular weight excluding hydrogens is 456 g/mol. The molecule has 2 aromatic rings. The highest BCUT2D eigenvalue weighted by Crippen LogP contribution is 2.68. The monoisotopic (exact) mass is 494 g/mol. The summed E-state index contributed by atoms with van der Waals surface area (Å²) in [5, 5.41) is 11.3. The number of hydrogen-bond donors (Lipinski definition) is 2. The van der Waals surface area contributed by atoms with Gasteiger partial charge in [0.05, 0.1) is 18.4 Å². The minimum absolute atomic E-state index is 0.0650. The number of thiophene rings is 1. The first-order valence-electron chi connectivity index (χ1n) is 13.4. The number of nitrogen functional groups attached to an aromatic ring is 1. The van der Waals surface area contributed by atoms with E-state index in [9.17, 15) is 9.90 Å². The van der Waals surface area contributed by atoms with Crippen molar-refractivity contribution in [2.24, 2.45) is 23.2 Å². The molecule has 5 nitrogen and oxygen atoms in total. The van der Waals surface area contributed by atoms with Gasteiger partial charge in [-0.3, -0.25) is 0 Å². The van der Waals surface area contributed by atoms with Crippen molar-refractivity contribution in [2.75, 3.05) is 12.3 Å². The number of aliphatic hydroxyl groups excluding tert-OH is 1. The van der Waals surface area contributed by atoms with Gasteiger partial charge in [0.1, 0.15) is 9.71 Å². The molecule has 2 fully saturated rings. The summed E-state index contributed by atoms with van der Waals surface area (Å²) in [6, 6.07) is 0. The van der Waals surface area contributed by atoms with E-state index in [1.54, 1.807) is 0 Å². The number of ether oxygens (including phenoxy) is 1. The van der Waals surface area contributed by atoms with E-state index in [2.05, 4.69) is 33.8 Å². The van der Waals surface area contributed by atoms with Crippen molar-refractivity contribution < 1.29 is 14.6 Å². The molecule has 0 aromatic carbocycles. The molecule has 188 valence electrons. The standard InChI is InChI=1S/C29H38N2O3S/c1-6-34-27(33)25-24(30)21-20-14(2)22-18-8-7-16-13-17(32)9-11-28(16,4)19(18)10-12-29(22,5)23(20)15(3)31-26(21)35-25/h7,14,17-19,22,32H,6,8-13,30H2,1-5H3/t14-,17+,18+,19-,22+,28-,29-/m0/s1. The summed E-state index contributed by atoms with van der Waals surface area (Å²) in [4.78, 5) is 19.0. The van der Waals surface area contributed by atoms with E-state index in [0.717, 1.165) is 48.0 Å². The zero-order valence-electron chi connectivity index (χ0n) is 21.6. The smallest absolute Gasteiger partial charge is 0.350 e. The zero-order valence-corrected chi connectivity index (χ0v) is 22.4. The third kappa shape index (κ3) is 3.02. The van der Waals surface area contributed by atoms with Crippen LogP contribution in [-0.4, -0.2) is 28.8 Å². The number of nitrogens with zero attached hydrogens (tertiary/aromatic N) is 1. The molecule has 4 aliphatic carbocycles. The van der Waals surface area contributed by atoms with Crippen LogP contribution in [0.5, 0.6) is 0 Å². The second-order valence-electron chi connectivity index (χ2n) is 12.1. The molecule has 0 unspecified atom stereocenters. The van der Waals surface area contributed by atoms with Gasteiger partial charge in [-0.05, 0) is 98.0 Å². The highest BCUT2D eigenvalue weighted by Gasteiger charge is 2.60. The molecule has 0 spiro atoms. The van der Waals surface area contributed by atoms with Crippen molar-refractivity contribution in [1.29, 1.82) is 0 Å². The molecule has 6 heteroatoms. The van der Waals surface area contributed by atoms with Crippen LogP contribution in [0.4, 0.5) is 5.69 Å². The number of allylic oxidation sites excluding steroid dienone is 1. The van der Waals surface area contributed by atoms with Gasteiger partial charge in [-0.15, -0.1) is 11.3 Å². The first-order chi connectivity index (χ1) is 16.6. The maximum absolute atomic E-state index is 12.7. The highest BCUT2D eigenvalue weighted by molar-refractivity contribution is 7.21. The lowest BCUT2D eigenvalue weighted by Crippen LogP contribution is -2.51. The van der Waals surface area contributed by atoms with E-state index in [0.29, 0.717) is 40.8 Å². The number of carbonyl (C=O) groups is 1. The van der Waals surface area contributed by atoms with Gasteiger partial charge in [0, 0.05) is 11.1 Å². The number of carbonyl (C=O) groups excluding carboxylic acids is 1.